The highest BCUT2D eigenvalue weighted by atomic mass is 19.0. The molecule has 0 saturated heterocycles. The van der Waals surface area contributed by atoms with Crippen LogP contribution < -0.4 is 9.27 Å². The molecule has 0 unspecified atom stereocenters. The van der Waals surface area contributed by atoms with Gasteiger partial charge >= 0.3 is 0 Å². The van der Waals surface area contributed by atoms with Gasteiger partial charge in [0.05, 0.1) is 0 Å². The Balaban J connectivity index is 0.00000196. The van der Waals surface area contributed by atoms with Gasteiger partial charge in [0, 0.05) is 25.0 Å². The Labute approximate surface area is 92.5 Å². The molecule has 1 heterocycles. The monoisotopic (exact) mass is 211 g/mol. The maximum atomic E-state index is 2.38. The fourth-order valence-electron chi connectivity index (χ4n) is 1.76. The van der Waals surface area contributed by atoms with Crippen molar-refractivity contribution < 1.29 is 9.27 Å². The molecule has 0 atom stereocenters. The molecule has 0 saturated carbocycles. The van der Waals surface area contributed by atoms with E-state index in [2.05, 4.69) is 42.8 Å². The molecule has 86 valence electrons. The third-order valence-corrected chi connectivity index (χ3v) is 2.65. The number of hydrogen-bond acceptors (Lipinski definition) is 0. The van der Waals surface area contributed by atoms with E-state index in [0.29, 0.717) is 0 Å². The van der Waals surface area contributed by atoms with E-state index in [-0.39, 0.29) is 4.70 Å². The smallest absolute Gasteiger partial charge is 0.181 e. The Bertz CT molecular complexity index is 260. The lowest BCUT2D eigenvalue weighted by molar-refractivity contribution is -0.704. The van der Waals surface area contributed by atoms with E-state index in [4.69, 9.17) is 0 Å². The standard InChI is InChI=1S/C13H22N.FH/c1-3-5-6-8-11-14-12-9-7-10-13(14)4-2;/h7,9-10,12H,3-6,8,11H2,1-2H3;1H/q+1;/p-1. The van der Waals surface area contributed by atoms with Crippen LogP contribution in [0.5, 0.6) is 0 Å². The molecule has 0 radical (unpaired) electrons. The van der Waals surface area contributed by atoms with Gasteiger partial charge in [-0.05, 0) is 6.42 Å². The van der Waals surface area contributed by atoms with Crippen molar-refractivity contribution in [3.8, 4) is 0 Å². The van der Waals surface area contributed by atoms with Crippen LogP contribution in [0.1, 0.15) is 45.2 Å². The summed E-state index contributed by atoms with van der Waals surface area (Å²) in [7, 11) is 0. The van der Waals surface area contributed by atoms with Crippen molar-refractivity contribution in [2.45, 2.75) is 52.5 Å². The number of pyridine rings is 1. The number of halogens is 1. The summed E-state index contributed by atoms with van der Waals surface area (Å²) in [4.78, 5) is 0. The Morgan fingerprint density at radius 3 is 2.53 bits per heavy atom. The molecule has 0 aliphatic heterocycles. The number of aryl methyl sites for hydroxylation is 2. The van der Waals surface area contributed by atoms with Crippen LogP contribution in [-0.4, -0.2) is 0 Å². The molecule has 2 heteroatoms. The predicted octanol–water partition coefficient (Wildman–Crippen LogP) is 0.121. The highest BCUT2D eigenvalue weighted by Crippen LogP contribution is 1.99. The summed E-state index contributed by atoms with van der Waals surface area (Å²) < 4.78 is 2.38. The van der Waals surface area contributed by atoms with Gasteiger partial charge in [-0.15, -0.1) is 0 Å². The maximum Gasteiger partial charge on any atom is 0.181 e. The molecule has 0 amide bonds. The minimum absolute atomic E-state index is 0. The van der Waals surface area contributed by atoms with Crippen molar-refractivity contribution >= 4 is 0 Å². The molecule has 1 aromatic rings. The lowest BCUT2D eigenvalue weighted by atomic mass is 10.2. The van der Waals surface area contributed by atoms with E-state index in [1.54, 1.807) is 0 Å². The normalized spacial score (nSPS) is 9.73. The van der Waals surface area contributed by atoms with Gasteiger partial charge in [-0.2, -0.15) is 0 Å². The summed E-state index contributed by atoms with van der Waals surface area (Å²) in [6.07, 6.45) is 8.70. The molecule has 0 bridgehead atoms. The second-order valence-corrected chi connectivity index (χ2v) is 3.80. The summed E-state index contributed by atoms with van der Waals surface area (Å²) in [6.45, 7) is 5.66. The van der Waals surface area contributed by atoms with E-state index in [1.807, 2.05) is 0 Å². The minimum Gasteiger partial charge on any atom is -1.00 e. The molecule has 0 aromatic carbocycles. The van der Waals surface area contributed by atoms with Gasteiger partial charge in [-0.1, -0.05) is 32.8 Å². The lowest BCUT2D eigenvalue weighted by Crippen LogP contribution is -3.00. The highest BCUT2D eigenvalue weighted by Gasteiger charge is 2.05. The molecule has 0 aliphatic rings. The molecule has 0 spiro atoms. The van der Waals surface area contributed by atoms with Crippen molar-refractivity contribution in [2.75, 3.05) is 0 Å². The van der Waals surface area contributed by atoms with Gasteiger partial charge in [-0.3, -0.25) is 0 Å². The largest absolute Gasteiger partial charge is 1.00 e. The van der Waals surface area contributed by atoms with Gasteiger partial charge in [0.2, 0.25) is 0 Å². The molecule has 1 nitrogen and oxygen atoms in total. The van der Waals surface area contributed by atoms with Gasteiger partial charge in [-0.25, -0.2) is 4.57 Å². The first-order valence-corrected chi connectivity index (χ1v) is 5.85. The quantitative estimate of drug-likeness (QED) is 0.465. The fraction of sp³-hybridized carbons (Fsp3) is 0.615. The Kier molecular flexibility index (Phi) is 7.88. The molecule has 0 aliphatic carbocycles. The van der Waals surface area contributed by atoms with E-state index >= 15 is 0 Å². The first-order valence-electron chi connectivity index (χ1n) is 5.85. The number of nitrogens with zero attached hydrogens (tertiary/aromatic N) is 1. The number of unbranched alkanes of at least 4 members (excludes halogenated alkanes) is 3. The third-order valence-electron chi connectivity index (χ3n) is 2.65. The Morgan fingerprint density at radius 1 is 1.07 bits per heavy atom. The SMILES string of the molecule is CCCCCC[n+]1ccccc1CC.[F-]. The molecular formula is C13H22FN. The van der Waals surface area contributed by atoms with Crippen molar-refractivity contribution in [1.29, 1.82) is 0 Å². The predicted molar refractivity (Wildman–Crippen MR) is 60.2 cm³/mol. The van der Waals surface area contributed by atoms with E-state index < -0.39 is 0 Å². The van der Waals surface area contributed by atoms with E-state index in [9.17, 15) is 0 Å². The average molecular weight is 211 g/mol. The van der Waals surface area contributed by atoms with Crippen LogP contribution in [0, 0.1) is 0 Å². The zero-order valence-electron chi connectivity index (χ0n) is 9.88. The van der Waals surface area contributed by atoms with Crippen molar-refractivity contribution in [3.05, 3.63) is 30.1 Å². The Hall–Kier alpha value is -0.920. The third kappa shape index (κ3) is 4.91. The second kappa shape index (κ2) is 8.39. The maximum absolute atomic E-state index is 2.38. The summed E-state index contributed by atoms with van der Waals surface area (Å²) in [5.41, 5.74) is 1.45. The zero-order chi connectivity index (χ0) is 10.2. The van der Waals surface area contributed by atoms with Crippen LogP contribution in [0.4, 0.5) is 0 Å². The number of aromatic nitrogens is 1. The van der Waals surface area contributed by atoms with Gasteiger partial charge in [0.1, 0.15) is 6.54 Å². The summed E-state index contributed by atoms with van der Waals surface area (Å²) in [5, 5.41) is 0. The first-order chi connectivity index (χ1) is 6.88. The van der Waals surface area contributed by atoms with Gasteiger partial charge < -0.3 is 4.70 Å². The second-order valence-electron chi connectivity index (χ2n) is 3.80. The van der Waals surface area contributed by atoms with Crippen LogP contribution in [0.15, 0.2) is 24.4 Å². The topological polar surface area (TPSA) is 3.88 Å². The summed E-state index contributed by atoms with van der Waals surface area (Å²) in [5.74, 6) is 0. The summed E-state index contributed by atoms with van der Waals surface area (Å²) >= 11 is 0. The summed E-state index contributed by atoms with van der Waals surface area (Å²) in [6, 6.07) is 6.47. The molecule has 1 rings (SSSR count). The first kappa shape index (κ1) is 14.1. The molecule has 0 N–H and O–H groups in total. The van der Waals surface area contributed by atoms with Gasteiger partial charge in [0.25, 0.3) is 0 Å². The molecule has 1 aromatic heterocycles. The fourth-order valence-corrected chi connectivity index (χ4v) is 1.76. The molecule has 15 heavy (non-hydrogen) atoms. The minimum atomic E-state index is 0. The lowest BCUT2D eigenvalue weighted by Gasteiger charge is -2.01. The van der Waals surface area contributed by atoms with Crippen LogP contribution in [0.3, 0.4) is 0 Å². The average Bonchev–Trinajstić information content (AvgIpc) is 2.25. The zero-order valence-corrected chi connectivity index (χ0v) is 9.88. The molecular weight excluding hydrogens is 189 g/mol. The molecule has 0 fully saturated rings. The number of hydrogen-bond donors (Lipinski definition) is 0. The van der Waals surface area contributed by atoms with Crippen LogP contribution >= 0.6 is 0 Å². The van der Waals surface area contributed by atoms with Crippen molar-refractivity contribution in [3.63, 3.8) is 0 Å². The van der Waals surface area contributed by atoms with Crippen LogP contribution in [-0.2, 0) is 13.0 Å². The van der Waals surface area contributed by atoms with E-state index in [1.165, 1.54) is 37.9 Å². The van der Waals surface area contributed by atoms with Crippen molar-refractivity contribution in [2.24, 2.45) is 0 Å². The highest BCUT2D eigenvalue weighted by molar-refractivity contribution is 4.96. The van der Waals surface area contributed by atoms with Crippen LogP contribution in [0.2, 0.25) is 0 Å². The Morgan fingerprint density at radius 2 is 1.87 bits per heavy atom. The number of rotatable bonds is 6. The van der Waals surface area contributed by atoms with Crippen molar-refractivity contribution in [1.82, 2.24) is 0 Å². The van der Waals surface area contributed by atoms with Gasteiger partial charge in [0.15, 0.2) is 11.9 Å². The van der Waals surface area contributed by atoms with E-state index in [0.717, 1.165) is 6.42 Å². The van der Waals surface area contributed by atoms with Crippen LogP contribution in [0.25, 0.3) is 0 Å².